The first-order valence-corrected chi connectivity index (χ1v) is 9.56. The monoisotopic (exact) mass is 402 g/mol. The Bertz CT molecular complexity index is 812. The highest BCUT2D eigenvalue weighted by molar-refractivity contribution is 9.10. The standard InChI is InChI=1S/C20H23BrN2O2/c1-3-5-8-11-25-19-15(21)12-14(13-18(19)24-4-2)20-22-16-9-6-7-10-17(16)23-20/h6-7,9-10,12-13H,3-5,8,11H2,1-2H3,(H,22,23). The third-order valence-corrected chi connectivity index (χ3v) is 4.56. The van der Waals surface area contributed by atoms with E-state index in [1.807, 2.05) is 43.3 Å². The molecule has 2 aromatic carbocycles. The lowest BCUT2D eigenvalue weighted by atomic mass is 10.2. The summed E-state index contributed by atoms with van der Waals surface area (Å²) in [5, 5.41) is 0. The Kier molecular flexibility index (Phi) is 5.97. The molecular formula is C20H23BrN2O2. The van der Waals surface area contributed by atoms with Crippen molar-refractivity contribution in [1.29, 1.82) is 0 Å². The van der Waals surface area contributed by atoms with Crippen LogP contribution in [0.4, 0.5) is 0 Å². The van der Waals surface area contributed by atoms with E-state index in [2.05, 4.69) is 32.8 Å². The molecule has 3 rings (SSSR count). The maximum Gasteiger partial charge on any atom is 0.175 e. The zero-order chi connectivity index (χ0) is 17.6. The summed E-state index contributed by atoms with van der Waals surface area (Å²) in [4.78, 5) is 8.03. The number of para-hydroxylation sites is 2. The zero-order valence-electron chi connectivity index (χ0n) is 14.6. The molecule has 3 aromatic rings. The van der Waals surface area contributed by atoms with E-state index in [4.69, 9.17) is 9.47 Å². The quantitative estimate of drug-likeness (QED) is 0.472. The summed E-state index contributed by atoms with van der Waals surface area (Å²) < 4.78 is 12.7. The maximum atomic E-state index is 5.97. The van der Waals surface area contributed by atoms with Gasteiger partial charge in [0.05, 0.1) is 28.7 Å². The highest BCUT2D eigenvalue weighted by Gasteiger charge is 2.15. The molecule has 1 heterocycles. The lowest BCUT2D eigenvalue weighted by Gasteiger charge is -2.15. The van der Waals surface area contributed by atoms with Gasteiger partial charge in [-0.2, -0.15) is 0 Å². The van der Waals surface area contributed by atoms with E-state index in [0.717, 1.165) is 44.8 Å². The van der Waals surface area contributed by atoms with Crippen molar-refractivity contribution in [2.24, 2.45) is 0 Å². The van der Waals surface area contributed by atoms with E-state index < -0.39 is 0 Å². The van der Waals surface area contributed by atoms with Gasteiger partial charge < -0.3 is 14.5 Å². The second-order valence-corrected chi connectivity index (χ2v) is 6.73. The van der Waals surface area contributed by atoms with E-state index in [1.165, 1.54) is 12.8 Å². The zero-order valence-corrected chi connectivity index (χ0v) is 16.2. The molecule has 0 bridgehead atoms. The molecule has 0 fully saturated rings. The van der Waals surface area contributed by atoms with Gasteiger partial charge in [-0.3, -0.25) is 0 Å². The van der Waals surface area contributed by atoms with Gasteiger partial charge in [-0.25, -0.2) is 4.98 Å². The van der Waals surface area contributed by atoms with E-state index in [1.54, 1.807) is 0 Å². The molecule has 0 saturated heterocycles. The Hall–Kier alpha value is -2.01. The van der Waals surface area contributed by atoms with Crippen LogP contribution >= 0.6 is 15.9 Å². The molecule has 0 saturated carbocycles. The van der Waals surface area contributed by atoms with Crippen LogP contribution in [0.3, 0.4) is 0 Å². The fraction of sp³-hybridized carbons (Fsp3) is 0.350. The predicted octanol–water partition coefficient (Wildman–Crippen LogP) is 5.96. The van der Waals surface area contributed by atoms with E-state index in [9.17, 15) is 0 Å². The Morgan fingerprint density at radius 1 is 1.08 bits per heavy atom. The van der Waals surface area contributed by atoms with Gasteiger partial charge in [-0.05, 0) is 53.5 Å². The molecule has 0 radical (unpaired) electrons. The molecule has 1 N–H and O–H groups in total. The lowest BCUT2D eigenvalue weighted by Crippen LogP contribution is -2.02. The minimum atomic E-state index is 0.585. The predicted molar refractivity (Wildman–Crippen MR) is 105 cm³/mol. The van der Waals surface area contributed by atoms with Gasteiger partial charge in [0.25, 0.3) is 0 Å². The number of hydrogen-bond acceptors (Lipinski definition) is 3. The fourth-order valence-electron chi connectivity index (χ4n) is 2.72. The van der Waals surface area contributed by atoms with Crippen molar-refractivity contribution >= 4 is 27.0 Å². The average Bonchev–Trinajstić information content (AvgIpc) is 3.04. The molecule has 4 nitrogen and oxygen atoms in total. The minimum Gasteiger partial charge on any atom is -0.490 e. The van der Waals surface area contributed by atoms with Crippen molar-refractivity contribution in [3.63, 3.8) is 0 Å². The van der Waals surface area contributed by atoms with Crippen LogP contribution in [0.2, 0.25) is 0 Å². The van der Waals surface area contributed by atoms with Crippen LogP contribution in [0, 0.1) is 0 Å². The number of rotatable bonds is 8. The van der Waals surface area contributed by atoms with Crippen molar-refractivity contribution in [3.8, 4) is 22.9 Å². The minimum absolute atomic E-state index is 0.585. The molecule has 5 heteroatoms. The number of unbranched alkanes of at least 4 members (excludes halogenated alkanes) is 2. The van der Waals surface area contributed by atoms with Gasteiger partial charge >= 0.3 is 0 Å². The number of aromatic amines is 1. The van der Waals surface area contributed by atoms with Crippen LogP contribution in [-0.4, -0.2) is 23.2 Å². The normalized spacial score (nSPS) is 11.0. The number of halogens is 1. The number of imidazole rings is 1. The molecule has 132 valence electrons. The Morgan fingerprint density at radius 2 is 1.92 bits per heavy atom. The molecule has 0 aliphatic heterocycles. The number of hydrogen-bond donors (Lipinski definition) is 1. The highest BCUT2D eigenvalue weighted by atomic mass is 79.9. The van der Waals surface area contributed by atoms with Crippen molar-refractivity contribution in [2.45, 2.75) is 33.1 Å². The molecule has 0 aliphatic carbocycles. The molecular weight excluding hydrogens is 380 g/mol. The number of benzene rings is 2. The first-order valence-electron chi connectivity index (χ1n) is 8.77. The lowest BCUT2D eigenvalue weighted by molar-refractivity contribution is 0.269. The number of ether oxygens (including phenoxy) is 2. The van der Waals surface area contributed by atoms with Crippen molar-refractivity contribution in [3.05, 3.63) is 40.9 Å². The van der Waals surface area contributed by atoms with Crippen LogP contribution < -0.4 is 9.47 Å². The molecule has 0 amide bonds. The summed E-state index contributed by atoms with van der Waals surface area (Å²) in [5.74, 6) is 2.32. The number of fused-ring (bicyclic) bond motifs is 1. The van der Waals surface area contributed by atoms with Gasteiger partial charge in [0.1, 0.15) is 5.82 Å². The Labute approximate surface area is 156 Å². The summed E-state index contributed by atoms with van der Waals surface area (Å²) in [6.45, 7) is 5.43. The number of nitrogens with one attached hydrogen (secondary N) is 1. The largest absolute Gasteiger partial charge is 0.490 e. The van der Waals surface area contributed by atoms with Crippen LogP contribution in [0.5, 0.6) is 11.5 Å². The molecule has 25 heavy (non-hydrogen) atoms. The molecule has 0 atom stereocenters. The first-order chi connectivity index (χ1) is 12.2. The third kappa shape index (κ3) is 4.15. The molecule has 0 aliphatic rings. The summed E-state index contributed by atoms with van der Waals surface area (Å²) in [5.41, 5.74) is 2.94. The van der Waals surface area contributed by atoms with Crippen LogP contribution in [0.1, 0.15) is 33.1 Å². The number of nitrogens with zero attached hydrogens (tertiary/aromatic N) is 1. The van der Waals surface area contributed by atoms with Gasteiger partial charge in [-0.15, -0.1) is 0 Å². The van der Waals surface area contributed by atoms with Crippen molar-refractivity contribution in [1.82, 2.24) is 9.97 Å². The SMILES string of the molecule is CCCCCOc1c(Br)cc(-c2nc3ccccc3[nH]2)cc1OCC. The average molecular weight is 403 g/mol. The van der Waals surface area contributed by atoms with Gasteiger partial charge in [0.15, 0.2) is 11.5 Å². The summed E-state index contributed by atoms with van der Waals surface area (Å²) in [7, 11) is 0. The third-order valence-electron chi connectivity index (χ3n) is 3.97. The summed E-state index contributed by atoms with van der Waals surface area (Å²) in [6.07, 6.45) is 3.38. The Morgan fingerprint density at radius 3 is 2.68 bits per heavy atom. The molecule has 1 aromatic heterocycles. The van der Waals surface area contributed by atoms with E-state index >= 15 is 0 Å². The van der Waals surface area contributed by atoms with Gasteiger partial charge in [0, 0.05) is 5.56 Å². The van der Waals surface area contributed by atoms with Crippen LogP contribution in [-0.2, 0) is 0 Å². The first kappa shape index (κ1) is 17.8. The molecule has 0 unspecified atom stereocenters. The van der Waals surface area contributed by atoms with E-state index in [-0.39, 0.29) is 0 Å². The number of H-pyrrole nitrogens is 1. The fourth-order valence-corrected chi connectivity index (χ4v) is 3.28. The smallest absolute Gasteiger partial charge is 0.175 e. The van der Waals surface area contributed by atoms with E-state index in [0.29, 0.717) is 13.2 Å². The topological polar surface area (TPSA) is 47.1 Å². The Balaban J connectivity index is 1.92. The van der Waals surface area contributed by atoms with Crippen molar-refractivity contribution in [2.75, 3.05) is 13.2 Å². The van der Waals surface area contributed by atoms with Crippen LogP contribution in [0.25, 0.3) is 22.4 Å². The molecule has 0 spiro atoms. The van der Waals surface area contributed by atoms with Gasteiger partial charge in [-0.1, -0.05) is 31.9 Å². The van der Waals surface area contributed by atoms with Gasteiger partial charge in [0.2, 0.25) is 0 Å². The van der Waals surface area contributed by atoms with Crippen LogP contribution in [0.15, 0.2) is 40.9 Å². The van der Waals surface area contributed by atoms with Crippen molar-refractivity contribution < 1.29 is 9.47 Å². The highest BCUT2D eigenvalue weighted by Crippen LogP contribution is 2.39. The summed E-state index contributed by atoms with van der Waals surface area (Å²) >= 11 is 3.63. The summed E-state index contributed by atoms with van der Waals surface area (Å²) in [6, 6.07) is 12.0. The second kappa shape index (κ2) is 8.39. The second-order valence-electron chi connectivity index (χ2n) is 5.88. The maximum absolute atomic E-state index is 5.97. The number of aromatic nitrogens is 2.